The highest BCUT2D eigenvalue weighted by atomic mass is 16.6. The van der Waals surface area contributed by atoms with Crippen molar-refractivity contribution in [1.29, 1.82) is 0 Å². The predicted molar refractivity (Wildman–Crippen MR) is 87.2 cm³/mol. The molecule has 1 aromatic heterocycles. The smallest absolute Gasteiger partial charge is 0.306 e. The van der Waals surface area contributed by atoms with Gasteiger partial charge in [-0.25, -0.2) is 4.98 Å². The molecule has 1 unspecified atom stereocenters. The van der Waals surface area contributed by atoms with E-state index < -0.39 is 5.97 Å². The number of hydrogen-bond donors (Lipinski definition) is 1. The fourth-order valence-corrected chi connectivity index (χ4v) is 2.18. The standard InChI is InChI=1S/C17H21N3O3/c1-2-14(17(21)22)8-11-23-19-16(12-20-10-9-18-13-20)15-6-4-3-5-7-15/h3-7,9-10,13-14H,2,8,11-12H2,1H3,(H,21,22)/b19-16-. The molecule has 122 valence electrons. The number of benzene rings is 1. The molecule has 1 aromatic carbocycles. The number of carboxylic acid groups (broad SMARTS) is 1. The van der Waals surface area contributed by atoms with Crippen molar-refractivity contribution in [3.63, 3.8) is 0 Å². The maximum Gasteiger partial charge on any atom is 0.306 e. The molecule has 0 saturated carbocycles. The highest BCUT2D eigenvalue weighted by molar-refractivity contribution is 6.00. The third-order valence-corrected chi connectivity index (χ3v) is 3.57. The normalized spacial score (nSPS) is 12.8. The molecular formula is C17H21N3O3. The van der Waals surface area contributed by atoms with Crippen molar-refractivity contribution >= 4 is 11.7 Å². The first-order valence-corrected chi connectivity index (χ1v) is 7.63. The number of aliphatic carboxylic acids is 1. The molecule has 0 aliphatic heterocycles. The lowest BCUT2D eigenvalue weighted by Crippen LogP contribution is -2.15. The minimum atomic E-state index is -0.790. The van der Waals surface area contributed by atoms with Crippen LogP contribution in [0.15, 0.2) is 54.2 Å². The molecule has 0 spiro atoms. The van der Waals surface area contributed by atoms with Gasteiger partial charge in [-0.1, -0.05) is 42.4 Å². The van der Waals surface area contributed by atoms with Crippen LogP contribution in [0.1, 0.15) is 25.3 Å². The Kier molecular flexibility index (Phi) is 6.35. The molecule has 0 fully saturated rings. The second kappa shape index (κ2) is 8.73. The number of nitrogens with zero attached hydrogens (tertiary/aromatic N) is 3. The Bertz CT molecular complexity index is 624. The van der Waals surface area contributed by atoms with Gasteiger partial charge in [0.15, 0.2) is 0 Å². The van der Waals surface area contributed by atoms with E-state index in [0.717, 1.165) is 11.3 Å². The highest BCUT2D eigenvalue weighted by Crippen LogP contribution is 2.09. The molecule has 2 rings (SSSR count). The molecule has 2 aromatic rings. The summed E-state index contributed by atoms with van der Waals surface area (Å²) in [5.74, 6) is -1.18. The van der Waals surface area contributed by atoms with Crippen LogP contribution in [0.3, 0.4) is 0 Å². The van der Waals surface area contributed by atoms with Gasteiger partial charge in [0.2, 0.25) is 0 Å². The average molecular weight is 315 g/mol. The van der Waals surface area contributed by atoms with Crippen molar-refractivity contribution < 1.29 is 14.7 Å². The molecule has 0 aliphatic rings. The van der Waals surface area contributed by atoms with Crippen molar-refractivity contribution in [3.05, 3.63) is 54.6 Å². The molecule has 1 atom stereocenters. The molecule has 6 heteroatoms. The first-order valence-electron chi connectivity index (χ1n) is 7.63. The summed E-state index contributed by atoms with van der Waals surface area (Å²) in [6, 6.07) is 9.75. The first kappa shape index (κ1) is 16.7. The Labute approximate surface area is 135 Å². The van der Waals surface area contributed by atoms with Gasteiger partial charge in [0, 0.05) is 18.0 Å². The zero-order chi connectivity index (χ0) is 16.5. The van der Waals surface area contributed by atoms with E-state index >= 15 is 0 Å². The SMILES string of the molecule is CCC(CCO/N=C(/Cn1ccnc1)c1ccccc1)C(=O)O. The second-order valence-corrected chi connectivity index (χ2v) is 5.20. The van der Waals surface area contributed by atoms with Gasteiger partial charge in [-0.05, 0) is 12.8 Å². The molecule has 23 heavy (non-hydrogen) atoms. The van der Waals surface area contributed by atoms with Gasteiger partial charge in [-0.15, -0.1) is 0 Å². The van der Waals surface area contributed by atoms with Gasteiger partial charge >= 0.3 is 5.97 Å². The molecule has 0 aliphatic carbocycles. The zero-order valence-electron chi connectivity index (χ0n) is 13.1. The Hall–Kier alpha value is -2.63. The summed E-state index contributed by atoms with van der Waals surface area (Å²) in [5.41, 5.74) is 1.73. The lowest BCUT2D eigenvalue weighted by molar-refractivity contribution is -0.142. The summed E-state index contributed by atoms with van der Waals surface area (Å²) in [4.78, 5) is 20.4. The molecular weight excluding hydrogens is 294 g/mol. The molecule has 6 nitrogen and oxygen atoms in total. The third-order valence-electron chi connectivity index (χ3n) is 3.57. The molecule has 1 heterocycles. The molecule has 0 saturated heterocycles. The van der Waals surface area contributed by atoms with Crippen molar-refractivity contribution in [2.75, 3.05) is 6.61 Å². The summed E-state index contributed by atoms with van der Waals surface area (Å²) >= 11 is 0. The largest absolute Gasteiger partial charge is 0.481 e. The van der Waals surface area contributed by atoms with E-state index in [4.69, 9.17) is 9.94 Å². The Morgan fingerprint density at radius 2 is 2.17 bits per heavy atom. The fraction of sp³-hybridized carbons (Fsp3) is 0.353. The average Bonchev–Trinajstić information content (AvgIpc) is 3.07. The number of rotatable bonds is 9. The minimum Gasteiger partial charge on any atom is -0.481 e. The van der Waals surface area contributed by atoms with E-state index in [0.29, 0.717) is 19.4 Å². The van der Waals surface area contributed by atoms with Crippen molar-refractivity contribution in [1.82, 2.24) is 9.55 Å². The van der Waals surface area contributed by atoms with Gasteiger partial charge in [0.1, 0.15) is 12.3 Å². The third kappa shape index (κ3) is 5.25. The van der Waals surface area contributed by atoms with E-state index in [9.17, 15) is 4.79 Å². The van der Waals surface area contributed by atoms with Crippen LogP contribution < -0.4 is 0 Å². The van der Waals surface area contributed by atoms with Crippen molar-refractivity contribution in [2.24, 2.45) is 11.1 Å². The number of imidazole rings is 1. The topological polar surface area (TPSA) is 76.7 Å². The second-order valence-electron chi connectivity index (χ2n) is 5.20. The Balaban J connectivity index is 2.00. The van der Waals surface area contributed by atoms with E-state index in [1.54, 1.807) is 12.5 Å². The van der Waals surface area contributed by atoms with E-state index in [-0.39, 0.29) is 12.5 Å². The van der Waals surface area contributed by atoms with Crippen LogP contribution in [-0.4, -0.2) is 32.9 Å². The lowest BCUT2D eigenvalue weighted by atomic mass is 10.0. The molecule has 0 radical (unpaired) electrons. The highest BCUT2D eigenvalue weighted by Gasteiger charge is 2.14. The minimum absolute atomic E-state index is 0.283. The summed E-state index contributed by atoms with van der Waals surface area (Å²) in [6.07, 6.45) is 6.32. The maximum absolute atomic E-state index is 11.0. The zero-order valence-corrected chi connectivity index (χ0v) is 13.1. The monoisotopic (exact) mass is 315 g/mol. The number of oxime groups is 1. The number of carbonyl (C=O) groups is 1. The van der Waals surface area contributed by atoms with Gasteiger partial charge in [0.25, 0.3) is 0 Å². The van der Waals surface area contributed by atoms with Crippen molar-refractivity contribution in [3.8, 4) is 0 Å². The summed E-state index contributed by atoms with van der Waals surface area (Å²) in [5, 5.41) is 13.2. The Morgan fingerprint density at radius 1 is 1.39 bits per heavy atom. The quantitative estimate of drug-likeness (QED) is 0.438. The van der Waals surface area contributed by atoms with Crippen LogP contribution in [-0.2, 0) is 16.2 Å². The van der Waals surface area contributed by atoms with Gasteiger partial charge in [-0.2, -0.15) is 0 Å². The van der Waals surface area contributed by atoms with Crippen LogP contribution in [0.5, 0.6) is 0 Å². The van der Waals surface area contributed by atoms with E-state index in [1.807, 2.05) is 48.0 Å². The van der Waals surface area contributed by atoms with Crippen LogP contribution in [0, 0.1) is 5.92 Å². The molecule has 1 N–H and O–H groups in total. The van der Waals surface area contributed by atoms with Crippen molar-refractivity contribution in [2.45, 2.75) is 26.3 Å². The van der Waals surface area contributed by atoms with Gasteiger partial charge in [0.05, 0.1) is 18.8 Å². The predicted octanol–water partition coefficient (Wildman–Crippen LogP) is 2.80. The number of hydrogen-bond acceptors (Lipinski definition) is 4. The van der Waals surface area contributed by atoms with Gasteiger partial charge in [-0.3, -0.25) is 4.79 Å². The number of carboxylic acids is 1. The number of aromatic nitrogens is 2. The summed E-state index contributed by atoms with van der Waals surface area (Å²) < 4.78 is 1.90. The van der Waals surface area contributed by atoms with E-state index in [1.165, 1.54) is 0 Å². The lowest BCUT2D eigenvalue weighted by Gasteiger charge is -2.10. The maximum atomic E-state index is 11.0. The van der Waals surface area contributed by atoms with Crippen LogP contribution >= 0.6 is 0 Å². The van der Waals surface area contributed by atoms with Crippen LogP contribution in [0.25, 0.3) is 0 Å². The van der Waals surface area contributed by atoms with Crippen LogP contribution in [0.4, 0.5) is 0 Å². The molecule has 0 amide bonds. The first-order chi connectivity index (χ1) is 11.2. The summed E-state index contributed by atoms with van der Waals surface area (Å²) in [7, 11) is 0. The molecule has 0 bridgehead atoms. The summed E-state index contributed by atoms with van der Waals surface area (Å²) in [6.45, 7) is 2.68. The van der Waals surface area contributed by atoms with E-state index in [2.05, 4.69) is 10.1 Å². The van der Waals surface area contributed by atoms with Crippen LogP contribution in [0.2, 0.25) is 0 Å². The fourth-order valence-electron chi connectivity index (χ4n) is 2.18. The Morgan fingerprint density at radius 3 is 2.78 bits per heavy atom. The van der Waals surface area contributed by atoms with Gasteiger partial charge < -0.3 is 14.5 Å².